The molecule has 0 aliphatic rings. The van der Waals surface area contributed by atoms with Crippen LogP contribution in [0.5, 0.6) is 0 Å². The lowest BCUT2D eigenvalue weighted by Crippen LogP contribution is -1.90. The number of benzene rings is 2. The van der Waals surface area contributed by atoms with E-state index >= 15 is 0 Å². The Labute approximate surface area is 133 Å². The SMILES string of the molecule is Cc1cc(SCc2ccc(Cl)cc2)c2cc(N)ccc2n1. The van der Waals surface area contributed by atoms with Gasteiger partial charge < -0.3 is 5.73 Å². The number of aryl methyl sites for hydroxylation is 1. The molecular formula is C17H15ClN2S. The third kappa shape index (κ3) is 3.31. The molecule has 0 fully saturated rings. The molecule has 106 valence electrons. The van der Waals surface area contributed by atoms with Crippen molar-refractivity contribution in [1.29, 1.82) is 0 Å². The second kappa shape index (κ2) is 5.96. The minimum Gasteiger partial charge on any atom is -0.399 e. The minimum atomic E-state index is 0.765. The third-order valence-corrected chi connectivity index (χ3v) is 4.61. The molecule has 0 bridgehead atoms. The molecule has 1 aromatic heterocycles. The summed E-state index contributed by atoms with van der Waals surface area (Å²) >= 11 is 7.71. The average Bonchev–Trinajstić information content (AvgIpc) is 2.47. The van der Waals surface area contributed by atoms with Crippen molar-refractivity contribution in [2.24, 2.45) is 0 Å². The van der Waals surface area contributed by atoms with Crippen LogP contribution in [0.4, 0.5) is 5.69 Å². The molecule has 0 spiro atoms. The van der Waals surface area contributed by atoms with E-state index in [4.69, 9.17) is 17.3 Å². The molecule has 3 rings (SSSR count). The van der Waals surface area contributed by atoms with Crippen molar-refractivity contribution in [1.82, 2.24) is 4.98 Å². The number of aromatic nitrogens is 1. The molecule has 0 radical (unpaired) electrons. The fourth-order valence-corrected chi connectivity index (χ4v) is 3.41. The Morgan fingerprint density at radius 2 is 1.86 bits per heavy atom. The van der Waals surface area contributed by atoms with E-state index in [1.165, 1.54) is 10.5 Å². The van der Waals surface area contributed by atoms with E-state index < -0.39 is 0 Å². The Morgan fingerprint density at radius 3 is 2.62 bits per heavy atom. The molecule has 4 heteroatoms. The van der Waals surface area contributed by atoms with Gasteiger partial charge in [0.1, 0.15) is 0 Å². The predicted octanol–water partition coefficient (Wildman–Crippen LogP) is 5.07. The van der Waals surface area contributed by atoms with Gasteiger partial charge in [0, 0.05) is 32.4 Å². The monoisotopic (exact) mass is 314 g/mol. The van der Waals surface area contributed by atoms with Crippen molar-refractivity contribution in [3.63, 3.8) is 0 Å². The van der Waals surface area contributed by atoms with Crippen molar-refractivity contribution in [3.8, 4) is 0 Å². The molecule has 2 N–H and O–H groups in total. The molecule has 0 aliphatic heterocycles. The van der Waals surface area contributed by atoms with E-state index in [9.17, 15) is 0 Å². The summed E-state index contributed by atoms with van der Waals surface area (Å²) in [5, 5.41) is 1.88. The first-order chi connectivity index (χ1) is 10.1. The second-order valence-electron chi connectivity index (χ2n) is 4.95. The Hall–Kier alpha value is -1.71. The van der Waals surface area contributed by atoms with Crippen molar-refractivity contribution in [3.05, 3.63) is 64.8 Å². The number of thioether (sulfide) groups is 1. The highest BCUT2D eigenvalue weighted by atomic mass is 35.5. The van der Waals surface area contributed by atoms with Gasteiger partial charge in [-0.25, -0.2) is 0 Å². The van der Waals surface area contributed by atoms with Crippen LogP contribution in [0.3, 0.4) is 0 Å². The molecule has 0 unspecified atom stereocenters. The highest BCUT2D eigenvalue weighted by Crippen LogP contribution is 2.31. The Morgan fingerprint density at radius 1 is 1.10 bits per heavy atom. The predicted molar refractivity (Wildman–Crippen MR) is 91.9 cm³/mol. The van der Waals surface area contributed by atoms with Crippen LogP contribution in [-0.2, 0) is 5.75 Å². The summed E-state index contributed by atoms with van der Waals surface area (Å²) in [6, 6.07) is 15.9. The summed E-state index contributed by atoms with van der Waals surface area (Å²) in [5.74, 6) is 0.893. The van der Waals surface area contributed by atoms with Gasteiger partial charge in [0.2, 0.25) is 0 Å². The summed E-state index contributed by atoms with van der Waals surface area (Å²) < 4.78 is 0. The molecule has 2 nitrogen and oxygen atoms in total. The number of nitrogen functional groups attached to an aromatic ring is 1. The lowest BCUT2D eigenvalue weighted by atomic mass is 10.2. The quantitative estimate of drug-likeness (QED) is 0.542. The van der Waals surface area contributed by atoms with Crippen molar-refractivity contribution in [2.75, 3.05) is 5.73 Å². The molecule has 21 heavy (non-hydrogen) atoms. The zero-order valence-corrected chi connectivity index (χ0v) is 13.2. The number of nitrogens with two attached hydrogens (primary N) is 1. The molecule has 0 aliphatic carbocycles. The van der Waals surface area contributed by atoms with Gasteiger partial charge in [-0.2, -0.15) is 0 Å². The Kier molecular flexibility index (Phi) is 4.04. The lowest BCUT2D eigenvalue weighted by Gasteiger charge is -2.08. The number of nitrogens with zero attached hydrogens (tertiary/aromatic N) is 1. The van der Waals surface area contributed by atoms with Crippen LogP contribution in [-0.4, -0.2) is 4.98 Å². The van der Waals surface area contributed by atoms with Crippen LogP contribution in [0, 0.1) is 6.92 Å². The molecule has 0 atom stereocenters. The Bertz CT molecular complexity index is 785. The van der Waals surface area contributed by atoms with Crippen molar-refractivity contribution < 1.29 is 0 Å². The van der Waals surface area contributed by atoms with Crippen LogP contribution >= 0.6 is 23.4 Å². The summed E-state index contributed by atoms with van der Waals surface area (Å²) in [6.45, 7) is 2.02. The average molecular weight is 315 g/mol. The van der Waals surface area contributed by atoms with Gasteiger partial charge in [0.25, 0.3) is 0 Å². The van der Waals surface area contributed by atoms with E-state index in [1.807, 2.05) is 37.3 Å². The van der Waals surface area contributed by atoms with Crippen molar-refractivity contribution >= 4 is 40.0 Å². The molecule has 3 aromatic rings. The lowest BCUT2D eigenvalue weighted by molar-refractivity contribution is 1.22. The minimum absolute atomic E-state index is 0.765. The smallest absolute Gasteiger partial charge is 0.0717 e. The van der Waals surface area contributed by atoms with E-state index in [0.29, 0.717) is 0 Å². The topological polar surface area (TPSA) is 38.9 Å². The third-order valence-electron chi connectivity index (χ3n) is 3.23. The molecule has 1 heterocycles. The van der Waals surface area contributed by atoms with Crippen LogP contribution in [0.25, 0.3) is 10.9 Å². The number of anilines is 1. The molecule has 2 aromatic carbocycles. The van der Waals surface area contributed by atoms with E-state index in [2.05, 4.69) is 23.2 Å². The summed E-state index contributed by atoms with van der Waals surface area (Å²) in [6.07, 6.45) is 0. The maximum atomic E-state index is 5.92. The molecule has 0 saturated heterocycles. The van der Waals surface area contributed by atoms with Crippen LogP contribution in [0.2, 0.25) is 5.02 Å². The summed E-state index contributed by atoms with van der Waals surface area (Å²) in [4.78, 5) is 5.77. The maximum Gasteiger partial charge on any atom is 0.0717 e. The zero-order chi connectivity index (χ0) is 14.8. The fourth-order valence-electron chi connectivity index (χ4n) is 2.20. The van der Waals surface area contributed by atoms with Gasteiger partial charge in [0.15, 0.2) is 0 Å². The molecular weight excluding hydrogens is 300 g/mol. The van der Waals surface area contributed by atoms with Gasteiger partial charge in [-0.05, 0) is 48.9 Å². The van der Waals surface area contributed by atoms with Crippen LogP contribution in [0.15, 0.2) is 53.4 Å². The highest BCUT2D eigenvalue weighted by Gasteiger charge is 2.06. The first kappa shape index (κ1) is 14.2. The number of rotatable bonds is 3. The second-order valence-corrected chi connectivity index (χ2v) is 6.41. The zero-order valence-electron chi connectivity index (χ0n) is 11.6. The number of pyridine rings is 1. The first-order valence-electron chi connectivity index (χ1n) is 6.66. The molecule has 0 amide bonds. The van der Waals surface area contributed by atoms with E-state index in [1.54, 1.807) is 11.8 Å². The Balaban J connectivity index is 1.92. The van der Waals surface area contributed by atoms with E-state index in [0.717, 1.165) is 33.1 Å². The number of halogens is 1. The van der Waals surface area contributed by atoms with Gasteiger partial charge in [-0.3, -0.25) is 4.98 Å². The standard InChI is InChI=1S/C17H15ClN2S/c1-11-8-17(15-9-14(19)6-7-16(15)20-11)21-10-12-2-4-13(18)5-3-12/h2-9H,10,19H2,1H3. The summed E-state index contributed by atoms with van der Waals surface area (Å²) in [5.41, 5.74) is 9.92. The van der Waals surface area contributed by atoms with E-state index in [-0.39, 0.29) is 0 Å². The van der Waals surface area contributed by atoms with Gasteiger partial charge in [-0.1, -0.05) is 23.7 Å². The molecule has 0 saturated carbocycles. The highest BCUT2D eigenvalue weighted by molar-refractivity contribution is 7.98. The largest absolute Gasteiger partial charge is 0.399 e. The summed E-state index contributed by atoms with van der Waals surface area (Å²) in [7, 11) is 0. The van der Waals surface area contributed by atoms with Crippen LogP contribution in [0.1, 0.15) is 11.3 Å². The van der Waals surface area contributed by atoms with Gasteiger partial charge in [0.05, 0.1) is 5.52 Å². The normalized spacial score (nSPS) is 11.0. The number of hydrogen-bond acceptors (Lipinski definition) is 3. The first-order valence-corrected chi connectivity index (χ1v) is 8.02. The number of fused-ring (bicyclic) bond motifs is 1. The van der Waals surface area contributed by atoms with Crippen LogP contribution < -0.4 is 5.73 Å². The van der Waals surface area contributed by atoms with Gasteiger partial charge >= 0.3 is 0 Å². The fraction of sp³-hybridized carbons (Fsp3) is 0.118. The maximum absolute atomic E-state index is 5.92. The van der Waals surface area contributed by atoms with Gasteiger partial charge in [-0.15, -0.1) is 11.8 Å². The number of hydrogen-bond donors (Lipinski definition) is 1. The van der Waals surface area contributed by atoms with Crippen molar-refractivity contribution in [2.45, 2.75) is 17.6 Å².